The summed E-state index contributed by atoms with van der Waals surface area (Å²) in [7, 11) is 1.44. The molecule has 0 radical (unpaired) electrons. The molecule has 19 heavy (non-hydrogen) atoms. The molecule has 0 fully saturated rings. The van der Waals surface area contributed by atoms with Crippen molar-refractivity contribution in [1.29, 1.82) is 0 Å². The molecule has 6 heteroatoms. The summed E-state index contributed by atoms with van der Waals surface area (Å²) in [5.74, 6) is -0.218. The van der Waals surface area contributed by atoms with Gasteiger partial charge in [0.1, 0.15) is 12.4 Å². The van der Waals surface area contributed by atoms with Gasteiger partial charge >= 0.3 is 5.97 Å². The van der Waals surface area contributed by atoms with E-state index < -0.39 is 5.97 Å². The SMILES string of the molecule is CCOC(=O)COc1cccc(NC(=O)COC)c1. The summed E-state index contributed by atoms with van der Waals surface area (Å²) in [6, 6.07) is 6.73. The van der Waals surface area contributed by atoms with E-state index in [0.29, 0.717) is 18.0 Å². The molecule has 0 aliphatic rings. The molecule has 0 atom stereocenters. The lowest BCUT2D eigenvalue weighted by Crippen LogP contribution is -2.17. The van der Waals surface area contributed by atoms with Crippen LogP contribution in [0.3, 0.4) is 0 Å². The summed E-state index contributed by atoms with van der Waals surface area (Å²) in [6.45, 7) is 1.86. The average molecular weight is 267 g/mol. The van der Waals surface area contributed by atoms with Gasteiger partial charge in [-0.3, -0.25) is 4.79 Å². The molecular weight excluding hydrogens is 250 g/mol. The molecule has 0 bridgehead atoms. The second-order valence-electron chi connectivity index (χ2n) is 3.60. The molecule has 0 aliphatic carbocycles. The summed E-state index contributed by atoms with van der Waals surface area (Å²) >= 11 is 0. The number of hydrogen-bond acceptors (Lipinski definition) is 5. The number of carbonyl (C=O) groups is 2. The highest BCUT2D eigenvalue weighted by molar-refractivity contribution is 5.91. The summed E-state index contributed by atoms with van der Waals surface area (Å²) in [6.07, 6.45) is 0. The monoisotopic (exact) mass is 267 g/mol. The largest absolute Gasteiger partial charge is 0.482 e. The molecule has 0 heterocycles. The number of ether oxygens (including phenoxy) is 3. The van der Waals surface area contributed by atoms with Crippen molar-refractivity contribution in [2.45, 2.75) is 6.92 Å². The van der Waals surface area contributed by atoms with Gasteiger partial charge in [-0.2, -0.15) is 0 Å². The Morgan fingerprint density at radius 3 is 2.74 bits per heavy atom. The van der Waals surface area contributed by atoms with Crippen molar-refractivity contribution in [3.63, 3.8) is 0 Å². The van der Waals surface area contributed by atoms with Crippen LogP contribution in [0.25, 0.3) is 0 Å². The minimum atomic E-state index is -0.434. The van der Waals surface area contributed by atoms with Crippen LogP contribution in [0, 0.1) is 0 Å². The second-order valence-corrected chi connectivity index (χ2v) is 3.60. The summed E-state index contributed by atoms with van der Waals surface area (Å²) in [4.78, 5) is 22.5. The van der Waals surface area contributed by atoms with Crippen LogP contribution in [0.2, 0.25) is 0 Å². The molecule has 1 rings (SSSR count). The van der Waals surface area contributed by atoms with Gasteiger partial charge in [-0.05, 0) is 19.1 Å². The van der Waals surface area contributed by atoms with E-state index >= 15 is 0 Å². The number of esters is 1. The molecule has 6 nitrogen and oxygen atoms in total. The van der Waals surface area contributed by atoms with Crippen LogP contribution < -0.4 is 10.1 Å². The van der Waals surface area contributed by atoms with Crippen LogP contribution >= 0.6 is 0 Å². The standard InChI is InChI=1S/C13H17NO5/c1-3-18-13(16)9-19-11-6-4-5-10(7-11)14-12(15)8-17-2/h4-7H,3,8-9H2,1-2H3,(H,14,15). The van der Waals surface area contributed by atoms with Crippen LogP contribution in [0.4, 0.5) is 5.69 Å². The quantitative estimate of drug-likeness (QED) is 0.752. The molecule has 1 N–H and O–H groups in total. The molecular formula is C13H17NO5. The molecule has 104 valence electrons. The van der Waals surface area contributed by atoms with E-state index in [4.69, 9.17) is 14.2 Å². The van der Waals surface area contributed by atoms with Crippen molar-refractivity contribution >= 4 is 17.6 Å². The molecule has 0 aromatic heterocycles. The fourth-order valence-corrected chi connectivity index (χ4v) is 1.34. The molecule has 0 saturated carbocycles. The molecule has 0 spiro atoms. The number of hydrogen-bond donors (Lipinski definition) is 1. The zero-order valence-electron chi connectivity index (χ0n) is 11.0. The first-order valence-electron chi connectivity index (χ1n) is 5.83. The zero-order chi connectivity index (χ0) is 14.1. The van der Waals surface area contributed by atoms with Crippen molar-refractivity contribution in [1.82, 2.24) is 0 Å². The number of carbonyl (C=O) groups excluding carboxylic acids is 2. The van der Waals surface area contributed by atoms with Gasteiger partial charge in [0, 0.05) is 18.9 Å². The minimum absolute atomic E-state index is 0.0199. The van der Waals surface area contributed by atoms with E-state index in [1.54, 1.807) is 31.2 Å². The Bertz CT molecular complexity index is 433. The Hall–Kier alpha value is -2.08. The number of anilines is 1. The topological polar surface area (TPSA) is 73.9 Å². The predicted octanol–water partition coefficient (Wildman–Crippen LogP) is 1.21. The van der Waals surface area contributed by atoms with Crippen molar-refractivity contribution < 1.29 is 23.8 Å². The fourth-order valence-electron chi connectivity index (χ4n) is 1.34. The Labute approximate surface area is 111 Å². The molecule has 0 aliphatic heterocycles. The van der Waals surface area contributed by atoms with Crippen LogP contribution in [-0.4, -0.2) is 38.8 Å². The third-order valence-corrected chi connectivity index (χ3v) is 2.06. The van der Waals surface area contributed by atoms with Crippen LogP contribution in [0.5, 0.6) is 5.75 Å². The first-order chi connectivity index (χ1) is 9.15. The van der Waals surface area contributed by atoms with Crippen LogP contribution in [-0.2, 0) is 19.1 Å². The van der Waals surface area contributed by atoms with Gasteiger partial charge in [-0.15, -0.1) is 0 Å². The Morgan fingerprint density at radius 2 is 2.05 bits per heavy atom. The Kier molecular flexibility index (Phi) is 6.38. The smallest absolute Gasteiger partial charge is 0.344 e. The fraction of sp³-hybridized carbons (Fsp3) is 0.385. The van der Waals surface area contributed by atoms with Gasteiger partial charge < -0.3 is 19.5 Å². The van der Waals surface area contributed by atoms with Crippen LogP contribution in [0.1, 0.15) is 6.92 Å². The van der Waals surface area contributed by atoms with E-state index in [0.717, 1.165) is 0 Å². The lowest BCUT2D eigenvalue weighted by atomic mass is 10.3. The number of nitrogens with one attached hydrogen (secondary N) is 1. The molecule has 0 saturated heterocycles. The maximum atomic E-state index is 11.3. The summed E-state index contributed by atoms with van der Waals surface area (Å²) in [5, 5.41) is 2.64. The average Bonchev–Trinajstić information content (AvgIpc) is 2.37. The minimum Gasteiger partial charge on any atom is -0.482 e. The lowest BCUT2D eigenvalue weighted by molar-refractivity contribution is -0.145. The summed E-state index contributed by atoms with van der Waals surface area (Å²) < 4.78 is 14.7. The van der Waals surface area contributed by atoms with Crippen molar-refractivity contribution in [2.24, 2.45) is 0 Å². The van der Waals surface area contributed by atoms with Crippen molar-refractivity contribution in [2.75, 3.05) is 32.2 Å². The van der Waals surface area contributed by atoms with Gasteiger partial charge in [0.2, 0.25) is 5.91 Å². The highest BCUT2D eigenvalue weighted by Gasteiger charge is 2.05. The number of benzene rings is 1. The van der Waals surface area contributed by atoms with E-state index in [2.05, 4.69) is 5.32 Å². The van der Waals surface area contributed by atoms with Gasteiger partial charge in [0.05, 0.1) is 6.61 Å². The number of rotatable bonds is 7. The maximum absolute atomic E-state index is 11.3. The van der Waals surface area contributed by atoms with E-state index in [9.17, 15) is 9.59 Å². The zero-order valence-corrected chi connectivity index (χ0v) is 11.0. The Balaban J connectivity index is 2.52. The lowest BCUT2D eigenvalue weighted by Gasteiger charge is -2.08. The molecule has 1 aromatic carbocycles. The highest BCUT2D eigenvalue weighted by atomic mass is 16.6. The van der Waals surface area contributed by atoms with Crippen LogP contribution in [0.15, 0.2) is 24.3 Å². The number of methoxy groups -OCH3 is 1. The van der Waals surface area contributed by atoms with E-state index in [1.807, 2.05) is 0 Å². The first-order valence-corrected chi connectivity index (χ1v) is 5.83. The van der Waals surface area contributed by atoms with Gasteiger partial charge in [-0.25, -0.2) is 4.79 Å². The van der Waals surface area contributed by atoms with Crippen molar-refractivity contribution in [3.8, 4) is 5.75 Å². The normalized spacial score (nSPS) is 9.79. The summed E-state index contributed by atoms with van der Waals surface area (Å²) in [5.41, 5.74) is 0.573. The third kappa shape index (κ3) is 5.87. The third-order valence-electron chi connectivity index (χ3n) is 2.06. The number of amides is 1. The molecule has 0 unspecified atom stereocenters. The van der Waals surface area contributed by atoms with Gasteiger partial charge in [-0.1, -0.05) is 6.07 Å². The molecule has 1 aromatic rings. The first kappa shape index (κ1) is 15.0. The van der Waals surface area contributed by atoms with Crippen molar-refractivity contribution in [3.05, 3.63) is 24.3 Å². The van der Waals surface area contributed by atoms with Gasteiger partial charge in [0.15, 0.2) is 6.61 Å². The van der Waals surface area contributed by atoms with E-state index in [1.165, 1.54) is 7.11 Å². The second kappa shape index (κ2) is 8.10. The maximum Gasteiger partial charge on any atom is 0.344 e. The van der Waals surface area contributed by atoms with Gasteiger partial charge in [0.25, 0.3) is 0 Å². The molecule has 1 amide bonds. The Morgan fingerprint density at radius 1 is 1.26 bits per heavy atom. The highest BCUT2D eigenvalue weighted by Crippen LogP contribution is 2.17. The predicted molar refractivity (Wildman–Crippen MR) is 69.1 cm³/mol. The van der Waals surface area contributed by atoms with E-state index in [-0.39, 0.29) is 19.1 Å².